The molecule has 1 nitrogen and oxygen atoms in total. The number of benzene rings is 1. The van der Waals surface area contributed by atoms with Crippen LogP contribution in [-0.2, 0) is 4.74 Å². The van der Waals surface area contributed by atoms with Gasteiger partial charge in [0.1, 0.15) is 6.10 Å². The molecule has 0 aliphatic heterocycles. The summed E-state index contributed by atoms with van der Waals surface area (Å²) in [6.07, 6.45) is 5.26. The zero-order valence-corrected chi connectivity index (χ0v) is 10.4. The van der Waals surface area contributed by atoms with Crippen LogP contribution in [0.4, 0.5) is 0 Å². The molecule has 0 radical (unpaired) electrons. The van der Waals surface area contributed by atoms with Crippen LogP contribution in [0, 0.1) is 5.92 Å². The lowest BCUT2D eigenvalue weighted by atomic mass is 9.89. The molecule has 16 heavy (non-hydrogen) atoms. The van der Waals surface area contributed by atoms with E-state index in [0.717, 1.165) is 6.42 Å². The summed E-state index contributed by atoms with van der Waals surface area (Å²) < 4.78 is 5.70. The van der Waals surface area contributed by atoms with Crippen molar-refractivity contribution >= 4 is 0 Å². The summed E-state index contributed by atoms with van der Waals surface area (Å²) >= 11 is 0. The molecule has 0 aromatic heterocycles. The van der Waals surface area contributed by atoms with Crippen LogP contribution in [0.25, 0.3) is 0 Å². The van der Waals surface area contributed by atoms with Crippen molar-refractivity contribution in [3.05, 3.63) is 48.7 Å². The van der Waals surface area contributed by atoms with Crippen molar-refractivity contribution in [3.63, 3.8) is 0 Å². The standard InChI is InChI=1S/C15H22O/c1-4-10-13(5-2)15(16-6-3)14-11-8-7-9-12-14/h6-9,11-13,15H,3-5,10H2,1-2H3. The molecule has 0 amide bonds. The second kappa shape index (κ2) is 7.10. The van der Waals surface area contributed by atoms with Crippen molar-refractivity contribution in [1.29, 1.82) is 0 Å². The summed E-state index contributed by atoms with van der Waals surface area (Å²) in [5.74, 6) is 0.574. The van der Waals surface area contributed by atoms with Gasteiger partial charge in [-0.1, -0.05) is 57.2 Å². The fourth-order valence-electron chi connectivity index (χ4n) is 2.15. The molecule has 0 fully saturated rings. The second-order valence-electron chi connectivity index (χ2n) is 4.09. The van der Waals surface area contributed by atoms with E-state index < -0.39 is 0 Å². The highest BCUT2D eigenvalue weighted by Gasteiger charge is 2.21. The molecule has 0 saturated carbocycles. The maximum Gasteiger partial charge on any atom is 0.126 e. The normalized spacial score (nSPS) is 14.1. The van der Waals surface area contributed by atoms with Gasteiger partial charge in [0, 0.05) is 0 Å². The lowest BCUT2D eigenvalue weighted by Gasteiger charge is -2.25. The molecule has 2 atom stereocenters. The molecular weight excluding hydrogens is 196 g/mol. The van der Waals surface area contributed by atoms with E-state index in [0.29, 0.717) is 5.92 Å². The predicted molar refractivity (Wildman–Crippen MR) is 69.2 cm³/mol. The minimum atomic E-state index is 0.156. The smallest absolute Gasteiger partial charge is 0.126 e. The predicted octanol–water partition coefficient (Wildman–Crippen LogP) is 4.71. The number of ether oxygens (including phenoxy) is 1. The number of hydrogen-bond acceptors (Lipinski definition) is 1. The highest BCUT2D eigenvalue weighted by atomic mass is 16.5. The van der Waals surface area contributed by atoms with Gasteiger partial charge >= 0.3 is 0 Å². The topological polar surface area (TPSA) is 9.23 Å². The molecule has 0 saturated heterocycles. The van der Waals surface area contributed by atoms with Gasteiger partial charge in [-0.2, -0.15) is 0 Å². The van der Waals surface area contributed by atoms with E-state index in [2.05, 4.69) is 44.7 Å². The molecular formula is C15H22O. The number of hydrogen-bond donors (Lipinski definition) is 0. The highest BCUT2D eigenvalue weighted by Crippen LogP contribution is 2.31. The van der Waals surface area contributed by atoms with Crippen LogP contribution in [0.2, 0.25) is 0 Å². The fourth-order valence-corrected chi connectivity index (χ4v) is 2.15. The van der Waals surface area contributed by atoms with Crippen molar-refractivity contribution in [3.8, 4) is 0 Å². The Morgan fingerprint density at radius 1 is 1.25 bits per heavy atom. The first kappa shape index (κ1) is 12.8. The van der Waals surface area contributed by atoms with Gasteiger partial charge in [-0.25, -0.2) is 0 Å². The Kier molecular flexibility index (Phi) is 5.69. The Hall–Kier alpha value is -1.24. The maximum absolute atomic E-state index is 5.70. The fraction of sp³-hybridized carbons (Fsp3) is 0.467. The summed E-state index contributed by atoms with van der Waals surface area (Å²) in [7, 11) is 0. The van der Waals surface area contributed by atoms with E-state index in [4.69, 9.17) is 4.74 Å². The molecule has 0 heterocycles. The van der Waals surface area contributed by atoms with Gasteiger partial charge in [0.15, 0.2) is 0 Å². The van der Waals surface area contributed by atoms with E-state index in [1.54, 1.807) is 6.26 Å². The first-order chi connectivity index (χ1) is 7.83. The van der Waals surface area contributed by atoms with Gasteiger partial charge in [-0.3, -0.25) is 0 Å². The Labute approximate surface area is 99.1 Å². The van der Waals surface area contributed by atoms with Crippen molar-refractivity contribution < 1.29 is 4.74 Å². The van der Waals surface area contributed by atoms with Crippen molar-refractivity contribution in [2.45, 2.75) is 39.2 Å². The Morgan fingerprint density at radius 2 is 1.94 bits per heavy atom. The molecule has 0 bridgehead atoms. The van der Waals surface area contributed by atoms with Crippen LogP contribution in [0.1, 0.15) is 44.8 Å². The highest BCUT2D eigenvalue weighted by molar-refractivity contribution is 5.18. The lowest BCUT2D eigenvalue weighted by molar-refractivity contribution is 0.0791. The van der Waals surface area contributed by atoms with Crippen molar-refractivity contribution in [2.24, 2.45) is 5.92 Å². The summed E-state index contributed by atoms with van der Waals surface area (Å²) in [5, 5.41) is 0. The van der Waals surface area contributed by atoms with Gasteiger partial charge in [-0.05, 0) is 24.3 Å². The minimum absolute atomic E-state index is 0.156. The Morgan fingerprint density at radius 3 is 2.44 bits per heavy atom. The van der Waals surface area contributed by atoms with Crippen LogP contribution in [0.15, 0.2) is 43.2 Å². The van der Waals surface area contributed by atoms with E-state index in [1.807, 2.05) is 6.07 Å². The summed E-state index contributed by atoms with van der Waals surface area (Å²) in [6.45, 7) is 8.13. The van der Waals surface area contributed by atoms with E-state index in [1.165, 1.54) is 18.4 Å². The van der Waals surface area contributed by atoms with E-state index >= 15 is 0 Å². The third-order valence-electron chi connectivity index (χ3n) is 2.98. The minimum Gasteiger partial charge on any atom is -0.494 e. The van der Waals surface area contributed by atoms with Crippen molar-refractivity contribution in [1.82, 2.24) is 0 Å². The average Bonchev–Trinajstić information content (AvgIpc) is 2.35. The average molecular weight is 218 g/mol. The molecule has 0 aliphatic rings. The first-order valence-corrected chi connectivity index (χ1v) is 6.14. The molecule has 0 spiro atoms. The van der Waals surface area contributed by atoms with Crippen LogP contribution in [0.5, 0.6) is 0 Å². The molecule has 0 N–H and O–H groups in total. The summed E-state index contributed by atoms with van der Waals surface area (Å²) in [5.41, 5.74) is 1.25. The van der Waals surface area contributed by atoms with Gasteiger partial charge in [0.05, 0.1) is 6.26 Å². The zero-order valence-electron chi connectivity index (χ0n) is 10.4. The third kappa shape index (κ3) is 3.41. The maximum atomic E-state index is 5.70. The molecule has 0 aliphatic carbocycles. The lowest BCUT2D eigenvalue weighted by Crippen LogP contribution is -2.13. The SMILES string of the molecule is C=COC(c1ccccc1)C(CC)CCC. The molecule has 88 valence electrons. The van der Waals surface area contributed by atoms with Gasteiger partial charge in [0.2, 0.25) is 0 Å². The number of rotatable bonds is 7. The van der Waals surface area contributed by atoms with Crippen LogP contribution in [0.3, 0.4) is 0 Å². The zero-order chi connectivity index (χ0) is 11.8. The first-order valence-electron chi connectivity index (χ1n) is 6.14. The Balaban J connectivity index is 2.84. The van der Waals surface area contributed by atoms with Gasteiger partial charge in [0.25, 0.3) is 0 Å². The van der Waals surface area contributed by atoms with Gasteiger partial charge < -0.3 is 4.74 Å². The largest absolute Gasteiger partial charge is 0.494 e. The molecule has 1 aromatic rings. The van der Waals surface area contributed by atoms with Crippen LogP contribution < -0.4 is 0 Å². The molecule has 1 aromatic carbocycles. The summed E-state index contributed by atoms with van der Waals surface area (Å²) in [4.78, 5) is 0. The molecule has 1 rings (SSSR count). The van der Waals surface area contributed by atoms with Crippen LogP contribution in [-0.4, -0.2) is 0 Å². The summed E-state index contributed by atoms with van der Waals surface area (Å²) in [6, 6.07) is 10.4. The van der Waals surface area contributed by atoms with Crippen LogP contribution >= 0.6 is 0 Å². The molecule has 1 heteroatoms. The second-order valence-corrected chi connectivity index (χ2v) is 4.09. The monoisotopic (exact) mass is 218 g/mol. The Bertz CT molecular complexity index is 292. The molecule has 2 unspecified atom stereocenters. The quantitative estimate of drug-likeness (QED) is 0.602. The van der Waals surface area contributed by atoms with Gasteiger partial charge in [-0.15, -0.1) is 0 Å². The third-order valence-corrected chi connectivity index (χ3v) is 2.98. The van der Waals surface area contributed by atoms with E-state index in [9.17, 15) is 0 Å². The van der Waals surface area contributed by atoms with E-state index in [-0.39, 0.29) is 6.10 Å². The van der Waals surface area contributed by atoms with Crippen molar-refractivity contribution in [2.75, 3.05) is 0 Å².